The minimum absolute atomic E-state index is 0.0580. The number of carbonyl (C=O) groups excluding carboxylic acids is 1. The van der Waals surface area contributed by atoms with Crippen molar-refractivity contribution in [1.82, 2.24) is 0 Å². The van der Waals surface area contributed by atoms with E-state index >= 15 is 0 Å². The van der Waals surface area contributed by atoms with Crippen LogP contribution in [0.4, 0.5) is 0 Å². The van der Waals surface area contributed by atoms with E-state index in [0.717, 1.165) is 62.0 Å². The summed E-state index contributed by atoms with van der Waals surface area (Å²) in [4.78, 5) is 26.1. The minimum atomic E-state index is -0.792. The smallest absolute Gasteiger partial charge is 0.303 e. The Morgan fingerprint density at radius 1 is 0.872 bits per heavy atom. The number of fused-ring (bicyclic) bond motifs is 3. The number of carbonyl (C=O) groups is 2. The highest BCUT2D eigenvalue weighted by Gasteiger charge is 2.45. The number of benzene rings is 2. The SMILES string of the molecule is CCCCCCC[C@@H](C(=O)CCCCC(CC(=O)O)[C@H]1c2cc3c(cc2C[C@@H]2COC[C@@H]21)OCO3)c1cc(OC)c(OC)c(OC)c1. The van der Waals surface area contributed by atoms with E-state index < -0.39 is 5.97 Å². The Labute approximate surface area is 279 Å². The number of ether oxygens (including phenoxy) is 6. The predicted octanol–water partition coefficient (Wildman–Crippen LogP) is 7.71. The second-order valence-electron chi connectivity index (χ2n) is 13.4. The molecule has 2 aliphatic heterocycles. The first kappa shape index (κ1) is 34.9. The number of hydrogen-bond donors (Lipinski definition) is 1. The minimum Gasteiger partial charge on any atom is -0.493 e. The van der Waals surface area contributed by atoms with E-state index in [0.29, 0.717) is 49.2 Å². The molecule has 0 saturated carbocycles. The van der Waals surface area contributed by atoms with E-state index in [4.69, 9.17) is 28.4 Å². The van der Waals surface area contributed by atoms with E-state index in [9.17, 15) is 14.7 Å². The van der Waals surface area contributed by atoms with Crippen LogP contribution in [-0.2, 0) is 20.7 Å². The maximum absolute atomic E-state index is 13.9. The molecule has 2 heterocycles. The second kappa shape index (κ2) is 16.6. The molecule has 0 amide bonds. The van der Waals surface area contributed by atoms with Crippen LogP contribution in [-0.4, -0.2) is 58.2 Å². The maximum atomic E-state index is 13.9. The van der Waals surface area contributed by atoms with Crippen LogP contribution in [0.3, 0.4) is 0 Å². The summed E-state index contributed by atoms with van der Waals surface area (Å²) in [5, 5.41) is 10.0. The van der Waals surface area contributed by atoms with Gasteiger partial charge in [0.2, 0.25) is 12.5 Å². The Kier molecular flexibility index (Phi) is 12.3. The van der Waals surface area contributed by atoms with Crippen molar-refractivity contribution in [2.45, 2.75) is 95.8 Å². The summed E-state index contributed by atoms with van der Waals surface area (Å²) < 4.78 is 34.1. The van der Waals surface area contributed by atoms with Crippen molar-refractivity contribution in [2.24, 2.45) is 17.8 Å². The summed E-state index contributed by atoms with van der Waals surface area (Å²) in [5.41, 5.74) is 3.27. The highest BCUT2D eigenvalue weighted by Crippen LogP contribution is 2.52. The van der Waals surface area contributed by atoms with Gasteiger partial charge in [0.15, 0.2) is 23.0 Å². The molecule has 1 fully saturated rings. The quantitative estimate of drug-likeness (QED) is 0.153. The molecule has 0 aromatic heterocycles. The molecule has 47 heavy (non-hydrogen) atoms. The van der Waals surface area contributed by atoms with E-state index in [1.807, 2.05) is 12.1 Å². The van der Waals surface area contributed by atoms with Gasteiger partial charge in [0, 0.05) is 18.8 Å². The molecule has 2 aromatic rings. The Morgan fingerprint density at radius 2 is 1.57 bits per heavy atom. The van der Waals surface area contributed by atoms with Gasteiger partial charge in [0.05, 0.1) is 34.5 Å². The van der Waals surface area contributed by atoms with Crippen molar-refractivity contribution in [1.29, 1.82) is 0 Å². The molecule has 1 unspecified atom stereocenters. The summed E-state index contributed by atoms with van der Waals surface area (Å²) in [6.45, 7) is 3.75. The van der Waals surface area contributed by atoms with Crippen molar-refractivity contribution in [3.8, 4) is 28.7 Å². The number of Topliss-reactive ketones (excluding diaryl/α,β-unsaturated/α-hetero) is 1. The molecule has 0 spiro atoms. The lowest BCUT2D eigenvalue weighted by Gasteiger charge is -2.39. The van der Waals surface area contributed by atoms with Crippen LogP contribution in [0.5, 0.6) is 28.7 Å². The summed E-state index contributed by atoms with van der Waals surface area (Å²) in [7, 11) is 4.76. The molecular weight excluding hydrogens is 600 g/mol. The Morgan fingerprint density at radius 3 is 2.26 bits per heavy atom. The first-order chi connectivity index (χ1) is 22.9. The van der Waals surface area contributed by atoms with Crippen LogP contribution in [0.1, 0.15) is 106 Å². The molecule has 5 rings (SSSR count). The van der Waals surface area contributed by atoms with Crippen molar-refractivity contribution < 1.29 is 43.1 Å². The zero-order valence-corrected chi connectivity index (χ0v) is 28.5. The van der Waals surface area contributed by atoms with Crippen molar-refractivity contribution in [3.63, 3.8) is 0 Å². The molecule has 9 heteroatoms. The number of aliphatic carboxylic acids is 1. The summed E-state index contributed by atoms with van der Waals surface area (Å²) in [6, 6.07) is 7.98. The fraction of sp³-hybridized carbons (Fsp3) is 0.632. The zero-order valence-electron chi connectivity index (χ0n) is 28.5. The zero-order chi connectivity index (χ0) is 33.3. The molecule has 0 bridgehead atoms. The van der Waals surface area contributed by atoms with Crippen LogP contribution >= 0.6 is 0 Å². The fourth-order valence-corrected chi connectivity index (χ4v) is 8.11. The average molecular weight is 653 g/mol. The molecular formula is C38H52O9. The van der Waals surface area contributed by atoms with Crippen molar-refractivity contribution >= 4 is 11.8 Å². The summed E-state index contributed by atoms with van der Waals surface area (Å²) >= 11 is 0. The molecule has 5 atom stereocenters. The van der Waals surface area contributed by atoms with Crippen LogP contribution in [0.2, 0.25) is 0 Å². The normalized spacial score (nSPS) is 20.6. The predicted molar refractivity (Wildman–Crippen MR) is 178 cm³/mol. The fourth-order valence-electron chi connectivity index (χ4n) is 8.11. The van der Waals surface area contributed by atoms with Gasteiger partial charge in [-0.25, -0.2) is 0 Å². The number of methoxy groups -OCH3 is 3. The maximum Gasteiger partial charge on any atom is 0.303 e. The summed E-state index contributed by atoms with van der Waals surface area (Å²) in [5.74, 6) is 2.87. The lowest BCUT2D eigenvalue weighted by atomic mass is 9.64. The van der Waals surface area contributed by atoms with Crippen molar-refractivity contribution in [2.75, 3.05) is 41.3 Å². The Balaban J connectivity index is 1.30. The molecule has 2 aromatic carbocycles. The Hall–Kier alpha value is -3.46. The first-order valence-corrected chi connectivity index (χ1v) is 17.4. The molecule has 9 nitrogen and oxygen atoms in total. The topological polar surface area (TPSA) is 110 Å². The van der Waals surface area contributed by atoms with Crippen LogP contribution in [0.25, 0.3) is 0 Å². The second-order valence-corrected chi connectivity index (χ2v) is 13.4. The van der Waals surface area contributed by atoms with Gasteiger partial charge in [-0.2, -0.15) is 0 Å². The standard InChI is InChI=1S/C38H52O9/c1-5-6-7-8-9-13-28(26-17-34(42-2)38(44-4)35(18-26)43-3)31(39)14-11-10-12-24(19-36(40)41)37-29-20-33-32(46-23-47-33)16-25(29)15-27-21-45-22-30(27)37/h16-18,20,24,27-28,30,37H,5-15,19,21-23H2,1-4H3,(H,40,41)/t24?,27-,28-,30+,37+/m1/s1. The average Bonchev–Trinajstić information content (AvgIpc) is 3.74. The van der Waals surface area contributed by atoms with Crippen molar-refractivity contribution in [3.05, 3.63) is 41.0 Å². The molecule has 3 aliphatic rings. The van der Waals surface area contributed by atoms with Gasteiger partial charge >= 0.3 is 5.97 Å². The number of unbranched alkanes of at least 4 members (excludes halogenated alkanes) is 5. The third kappa shape index (κ3) is 8.16. The van der Waals surface area contributed by atoms with E-state index in [-0.39, 0.29) is 42.7 Å². The number of ketones is 1. The Bertz CT molecular complexity index is 1350. The van der Waals surface area contributed by atoms with Gasteiger partial charge in [-0.05, 0) is 90.3 Å². The number of carboxylic acid groups (broad SMARTS) is 1. The van der Waals surface area contributed by atoms with E-state index in [2.05, 4.69) is 19.1 Å². The molecule has 1 saturated heterocycles. The van der Waals surface area contributed by atoms with Gasteiger partial charge in [0.1, 0.15) is 5.78 Å². The van der Waals surface area contributed by atoms with Crippen LogP contribution in [0, 0.1) is 17.8 Å². The van der Waals surface area contributed by atoms with Crippen LogP contribution < -0.4 is 23.7 Å². The molecule has 258 valence electrons. The van der Waals surface area contributed by atoms with E-state index in [1.165, 1.54) is 24.0 Å². The summed E-state index contributed by atoms with van der Waals surface area (Å²) in [6.07, 6.45) is 9.99. The molecule has 0 radical (unpaired) electrons. The van der Waals surface area contributed by atoms with Crippen LogP contribution in [0.15, 0.2) is 24.3 Å². The highest BCUT2D eigenvalue weighted by atomic mass is 16.7. The molecule has 1 N–H and O–H groups in total. The third-order valence-corrected chi connectivity index (χ3v) is 10.5. The number of carboxylic acids is 1. The van der Waals surface area contributed by atoms with Gasteiger partial charge in [-0.15, -0.1) is 0 Å². The van der Waals surface area contributed by atoms with Gasteiger partial charge in [-0.3, -0.25) is 9.59 Å². The monoisotopic (exact) mass is 652 g/mol. The number of rotatable bonds is 19. The lowest BCUT2D eigenvalue weighted by molar-refractivity contribution is -0.138. The number of hydrogen-bond acceptors (Lipinski definition) is 8. The highest BCUT2D eigenvalue weighted by molar-refractivity contribution is 5.86. The van der Waals surface area contributed by atoms with Gasteiger partial charge in [0.25, 0.3) is 0 Å². The largest absolute Gasteiger partial charge is 0.493 e. The molecule has 1 aliphatic carbocycles. The van der Waals surface area contributed by atoms with Gasteiger partial charge < -0.3 is 33.5 Å². The lowest BCUT2D eigenvalue weighted by Crippen LogP contribution is -2.34. The third-order valence-electron chi connectivity index (χ3n) is 10.5. The first-order valence-electron chi connectivity index (χ1n) is 17.4. The van der Waals surface area contributed by atoms with E-state index in [1.54, 1.807) is 21.3 Å². The van der Waals surface area contributed by atoms with Gasteiger partial charge in [-0.1, -0.05) is 45.4 Å².